The first-order chi connectivity index (χ1) is 13.0. The number of benzene rings is 2. The number of hydrogen-bond donors (Lipinski definition) is 1. The van der Waals surface area contributed by atoms with E-state index in [4.69, 9.17) is 4.74 Å². The summed E-state index contributed by atoms with van der Waals surface area (Å²) in [6, 6.07) is 13.4. The van der Waals surface area contributed by atoms with Gasteiger partial charge in [-0.25, -0.2) is 4.39 Å². The SMILES string of the molecule is COCCCN1C(=O)C(=O)/C(=C(/O)c2ccccc2)C1c1cccc(F)c1. The lowest BCUT2D eigenvalue weighted by Crippen LogP contribution is -2.31. The van der Waals surface area contributed by atoms with Crippen LogP contribution in [-0.2, 0) is 14.3 Å². The van der Waals surface area contributed by atoms with Gasteiger partial charge in [0.1, 0.15) is 11.6 Å². The van der Waals surface area contributed by atoms with Crippen molar-refractivity contribution in [2.24, 2.45) is 0 Å². The highest BCUT2D eigenvalue weighted by atomic mass is 19.1. The number of ketones is 1. The molecule has 0 aliphatic carbocycles. The van der Waals surface area contributed by atoms with Crippen molar-refractivity contribution in [2.45, 2.75) is 12.5 Å². The molecule has 0 spiro atoms. The van der Waals surface area contributed by atoms with Crippen molar-refractivity contribution < 1.29 is 23.8 Å². The molecule has 0 saturated carbocycles. The number of aliphatic hydroxyl groups excluding tert-OH is 1. The number of rotatable bonds is 6. The van der Waals surface area contributed by atoms with E-state index in [1.54, 1.807) is 43.5 Å². The maximum Gasteiger partial charge on any atom is 0.295 e. The van der Waals surface area contributed by atoms with Crippen molar-refractivity contribution in [3.63, 3.8) is 0 Å². The van der Waals surface area contributed by atoms with Crippen LogP contribution in [0.15, 0.2) is 60.2 Å². The molecule has 2 aromatic rings. The quantitative estimate of drug-likeness (QED) is 0.367. The van der Waals surface area contributed by atoms with Crippen LogP contribution in [0.1, 0.15) is 23.6 Å². The van der Waals surface area contributed by atoms with Crippen LogP contribution >= 0.6 is 0 Å². The lowest BCUT2D eigenvalue weighted by atomic mass is 9.95. The molecule has 1 saturated heterocycles. The fourth-order valence-corrected chi connectivity index (χ4v) is 3.26. The second-order valence-electron chi connectivity index (χ2n) is 6.26. The minimum atomic E-state index is -0.849. The van der Waals surface area contributed by atoms with Crippen molar-refractivity contribution >= 4 is 17.4 Å². The number of carbonyl (C=O) groups is 2. The first kappa shape index (κ1) is 18.8. The van der Waals surface area contributed by atoms with Crippen LogP contribution in [0.25, 0.3) is 5.76 Å². The summed E-state index contributed by atoms with van der Waals surface area (Å²) in [4.78, 5) is 26.7. The van der Waals surface area contributed by atoms with E-state index in [0.717, 1.165) is 0 Å². The normalized spacial score (nSPS) is 18.9. The molecule has 27 heavy (non-hydrogen) atoms. The van der Waals surface area contributed by atoms with Crippen LogP contribution in [0.3, 0.4) is 0 Å². The van der Waals surface area contributed by atoms with E-state index in [1.165, 1.54) is 23.1 Å². The minimum absolute atomic E-state index is 0.0331. The second kappa shape index (κ2) is 8.14. The number of aliphatic hydroxyl groups is 1. The second-order valence-corrected chi connectivity index (χ2v) is 6.26. The average molecular weight is 369 g/mol. The van der Waals surface area contributed by atoms with Crippen molar-refractivity contribution in [2.75, 3.05) is 20.3 Å². The maximum atomic E-state index is 13.8. The standard InChI is InChI=1S/C21H20FNO4/c1-27-12-6-11-23-18(15-9-5-10-16(22)13-15)17(20(25)21(23)26)19(24)14-7-3-2-4-8-14/h2-5,7-10,13,18,24H,6,11-12H2,1H3/b19-17+. The van der Waals surface area contributed by atoms with Gasteiger partial charge in [-0.1, -0.05) is 42.5 Å². The molecule has 1 aliphatic rings. The van der Waals surface area contributed by atoms with Gasteiger partial charge in [0.05, 0.1) is 11.6 Å². The van der Waals surface area contributed by atoms with E-state index < -0.39 is 23.5 Å². The molecule has 1 heterocycles. The van der Waals surface area contributed by atoms with Gasteiger partial charge in [0.2, 0.25) is 0 Å². The lowest BCUT2D eigenvalue weighted by molar-refractivity contribution is -0.140. The summed E-state index contributed by atoms with van der Waals surface area (Å²) in [6.07, 6.45) is 0.515. The predicted molar refractivity (Wildman–Crippen MR) is 98.3 cm³/mol. The number of nitrogens with zero attached hydrogens (tertiary/aromatic N) is 1. The smallest absolute Gasteiger partial charge is 0.295 e. The largest absolute Gasteiger partial charge is 0.507 e. The summed E-state index contributed by atoms with van der Waals surface area (Å²) in [5.41, 5.74) is 0.826. The molecule has 2 aromatic carbocycles. The van der Waals surface area contributed by atoms with Crippen LogP contribution in [0, 0.1) is 5.82 Å². The van der Waals surface area contributed by atoms with Crippen molar-refractivity contribution in [1.29, 1.82) is 0 Å². The van der Waals surface area contributed by atoms with Crippen LogP contribution < -0.4 is 0 Å². The number of halogens is 1. The van der Waals surface area contributed by atoms with Crippen LogP contribution in [-0.4, -0.2) is 42.0 Å². The minimum Gasteiger partial charge on any atom is -0.507 e. The van der Waals surface area contributed by atoms with E-state index >= 15 is 0 Å². The number of Topliss-reactive ketones (excluding diaryl/α,β-unsaturated/α-hetero) is 1. The van der Waals surface area contributed by atoms with Gasteiger partial charge < -0.3 is 14.7 Å². The summed E-state index contributed by atoms with van der Waals surface area (Å²) >= 11 is 0. The third kappa shape index (κ3) is 3.75. The molecule has 5 nitrogen and oxygen atoms in total. The molecule has 1 aliphatic heterocycles. The highest BCUT2D eigenvalue weighted by Gasteiger charge is 2.45. The maximum absolute atomic E-state index is 13.8. The molecule has 1 atom stereocenters. The van der Waals surface area contributed by atoms with Gasteiger partial charge in [-0.05, 0) is 24.1 Å². The van der Waals surface area contributed by atoms with E-state index in [1.807, 2.05) is 0 Å². The Bertz CT molecular complexity index is 879. The van der Waals surface area contributed by atoms with Crippen LogP contribution in [0.2, 0.25) is 0 Å². The molecule has 0 aromatic heterocycles. The van der Waals surface area contributed by atoms with Crippen LogP contribution in [0.4, 0.5) is 4.39 Å². The monoisotopic (exact) mass is 369 g/mol. The Hall–Kier alpha value is -2.99. The molecule has 0 bridgehead atoms. The number of carbonyl (C=O) groups excluding carboxylic acids is 2. The highest BCUT2D eigenvalue weighted by molar-refractivity contribution is 6.46. The molecule has 1 fully saturated rings. The number of ether oxygens (including phenoxy) is 1. The number of amides is 1. The lowest BCUT2D eigenvalue weighted by Gasteiger charge is -2.25. The predicted octanol–water partition coefficient (Wildman–Crippen LogP) is 3.28. The summed E-state index contributed by atoms with van der Waals surface area (Å²) in [6.45, 7) is 0.669. The van der Waals surface area contributed by atoms with Crippen molar-refractivity contribution in [1.82, 2.24) is 4.90 Å². The van der Waals surface area contributed by atoms with E-state index in [9.17, 15) is 19.1 Å². The molecule has 1 N–H and O–H groups in total. The third-order valence-electron chi connectivity index (χ3n) is 4.50. The Balaban J connectivity index is 2.12. The van der Waals surface area contributed by atoms with Gasteiger partial charge in [-0.15, -0.1) is 0 Å². The van der Waals surface area contributed by atoms with Crippen LogP contribution in [0.5, 0.6) is 0 Å². The van der Waals surface area contributed by atoms with Gasteiger partial charge in [0.15, 0.2) is 0 Å². The Morgan fingerprint density at radius 1 is 1.15 bits per heavy atom. The molecule has 1 unspecified atom stereocenters. The molecule has 140 valence electrons. The fourth-order valence-electron chi connectivity index (χ4n) is 3.26. The van der Waals surface area contributed by atoms with Gasteiger partial charge in [0, 0.05) is 25.8 Å². The van der Waals surface area contributed by atoms with Gasteiger partial charge in [-0.2, -0.15) is 0 Å². The molecule has 1 amide bonds. The summed E-state index contributed by atoms with van der Waals surface area (Å²) in [7, 11) is 1.55. The average Bonchev–Trinajstić information content (AvgIpc) is 2.93. The van der Waals surface area contributed by atoms with E-state index in [-0.39, 0.29) is 17.9 Å². The number of hydrogen-bond acceptors (Lipinski definition) is 4. The molecule has 3 rings (SSSR count). The molecule has 0 radical (unpaired) electrons. The van der Waals surface area contributed by atoms with Crippen molar-refractivity contribution in [3.8, 4) is 0 Å². The molecular formula is C21H20FNO4. The summed E-state index contributed by atoms with van der Waals surface area (Å²) < 4.78 is 18.8. The Kier molecular flexibility index (Phi) is 5.66. The number of methoxy groups -OCH3 is 1. The first-order valence-electron chi connectivity index (χ1n) is 8.63. The zero-order valence-electron chi connectivity index (χ0n) is 14.9. The third-order valence-corrected chi connectivity index (χ3v) is 4.50. The van der Waals surface area contributed by atoms with Gasteiger partial charge in [-0.3, -0.25) is 9.59 Å². The highest BCUT2D eigenvalue weighted by Crippen LogP contribution is 2.39. The topological polar surface area (TPSA) is 66.8 Å². The van der Waals surface area contributed by atoms with Crippen molar-refractivity contribution in [3.05, 3.63) is 77.1 Å². The fraction of sp³-hybridized carbons (Fsp3) is 0.238. The molecular weight excluding hydrogens is 349 g/mol. The van der Waals surface area contributed by atoms with E-state index in [0.29, 0.717) is 24.2 Å². The Labute approximate surface area is 156 Å². The zero-order chi connectivity index (χ0) is 19.4. The summed E-state index contributed by atoms with van der Waals surface area (Å²) in [5, 5.41) is 10.8. The van der Waals surface area contributed by atoms with Gasteiger partial charge in [0.25, 0.3) is 11.7 Å². The first-order valence-corrected chi connectivity index (χ1v) is 8.63. The Morgan fingerprint density at radius 3 is 2.56 bits per heavy atom. The Morgan fingerprint density at radius 2 is 1.89 bits per heavy atom. The zero-order valence-corrected chi connectivity index (χ0v) is 14.9. The summed E-state index contributed by atoms with van der Waals surface area (Å²) in [5.74, 6) is -2.23. The van der Waals surface area contributed by atoms with Gasteiger partial charge >= 0.3 is 0 Å². The molecule has 6 heteroatoms. The van der Waals surface area contributed by atoms with E-state index in [2.05, 4.69) is 0 Å². The number of likely N-dealkylation sites (tertiary alicyclic amines) is 1.